The highest BCUT2D eigenvalue weighted by molar-refractivity contribution is 5.83. The van der Waals surface area contributed by atoms with E-state index in [1.807, 2.05) is 42.2 Å². The Bertz CT molecular complexity index is 584. The van der Waals surface area contributed by atoms with Crippen molar-refractivity contribution in [3.63, 3.8) is 0 Å². The van der Waals surface area contributed by atoms with Gasteiger partial charge in [0.2, 0.25) is 0 Å². The van der Waals surface area contributed by atoms with Crippen LogP contribution in [0.3, 0.4) is 0 Å². The third-order valence-corrected chi connectivity index (χ3v) is 5.28. The van der Waals surface area contributed by atoms with Crippen LogP contribution in [-0.2, 0) is 14.3 Å². The van der Waals surface area contributed by atoms with Crippen LogP contribution in [0.1, 0.15) is 50.6 Å². The van der Waals surface area contributed by atoms with Crippen molar-refractivity contribution in [1.82, 2.24) is 4.90 Å². The topological polar surface area (TPSA) is 66.8 Å². The van der Waals surface area contributed by atoms with E-state index in [0.717, 1.165) is 24.9 Å². The minimum Gasteiger partial charge on any atom is -0.479 e. The van der Waals surface area contributed by atoms with Crippen molar-refractivity contribution in [2.75, 3.05) is 6.54 Å². The average molecular weight is 331 g/mol. The van der Waals surface area contributed by atoms with Crippen LogP contribution >= 0.6 is 0 Å². The number of ether oxygens (including phenoxy) is 1. The number of amides is 1. The Kier molecular flexibility index (Phi) is 5.19. The summed E-state index contributed by atoms with van der Waals surface area (Å²) in [5.41, 5.74) is 1.10. The molecule has 1 aliphatic carbocycles. The smallest absolute Gasteiger partial charge is 0.332 e. The summed E-state index contributed by atoms with van der Waals surface area (Å²) in [4.78, 5) is 26.0. The van der Waals surface area contributed by atoms with E-state index in [2.05, 4.69) is 0 Å². The maximum atomic E-state index is 13.0. The average Bonchev–Trinajstić information content (AvgIpc) is 3.04. The maximum absolute atomic E-state index is 13.0. The standard InChI is InChI=1S/C19H25NO4/c1-13(15-8-3-2-4-9-15)20(12-14-6-5-7-14)18(21)16-10-11-17(24-16)19(22)23/h2-4,8-9,13-14,16-17H,5-7,10-12H2,1H3,(H,22,23)/t13?,16-,17+/m0/s1. The molecular weight excluding hydrogens is 306 g/mol. The normalized spacial score (nSPS) is 25.0. The van der Waals surface area contributed by atoms with Crippen molar-refractivity contribution in [2.24, 2.45) is 5.92 Å². The molecule has 1 aromatic rings. The molecule has 1 N–H and O–H groups in total. The minimum absolute atomic E-state index is 0.0354. The van der Waals surface area contributed by atoms with Gasteiger partial charge < -0.3 is 14.7 Å². The fourth-order valence-electron chi connectivity index (χ4n) is 3.49. The van der Waals surface area contributed by atoms with Gasteiger partial charge in [-0.05, 0) is 44.1 Å². The van der Waals surface area contributed by atoms with Gasteiger partial charge in [-0.15, -0.1) is 0 Å². The summed E-state index contributed by atoms with van der Waals surface area (Å²) in [6, 6.07) is 9.94. The van der Waals surface area contributed by atoms with Crippen molar-refractivity contribution in [3.8, 4) is 0 Å². The van der Waals surface area contributed by atoms with Gasteiger partial charge in [-0.2, -0.15) is 0 Å². The van der Waals surface area contributed by atoms with Gasteiger partial charge in [-0.1, -0.05) is 36.8 Å². The maximum Gasteiger partial charge on any atom is 0.332 e. The first-order chi connectivity index (χ1) is 11.6. The monoisotopic (exact) mass is 331 g/mol. The van der Waals surface area contributed by atoms with Gasteiger partial charge in [-0.25, -0.2) is 4.79 Å². The molecule has 24 heavy (non-hydrogen) atoms. The second kappa shape index (κ2) is 7.34. The van der Waals surface area contributed by atoms with Crippen LogP contribution in [0.2, 0.25) is 0 Å². The van der Waals surface area contributed by atoms with E-state index in [-0.39, 0.29) is 11.9 Å². The van der Waals surface area contributed by atoms with Crippen LogP contribution in [-0.4, -0.2) is 40.6 Å². The molecule has 3 atom stereocenters. The largest absolute Gasteiger partial charge is 0.479 e. The van der Waals surface area contributed by atoms with Gasteiger partial charge in [0.1, 0.15) is 6.10 Å². The third kappa shape index (κ3) is 3.61. The highest BCUT2D eigenvalue weighted by atomic mass is 16.5. The Balaban J connectivity index is 1.74. The quantitative estimate of drug-likeness (QED) is 0.870. The van der Waals surface area contributed by atoms with Crippen molar-refractivity contribution in [1.29, 1.82) is 0 Å². The van der Waals surface area contributed by atoms with Crippen molar-refractivity contribution >= 4 is 11.9 Å². The Labute approximate surface area is 142 Å². The van der Waals surface area contributed by atoms with E-state index >= 15 is 0 Å². The Morgan fingerprint density at radius 2 is 1.83 bits per heavy atom. The van der Waals surface area contributed by atoms with E-state index < -0.39 is 18.2 Å². The predicted molar refractivity (Wildman–Crippen MR) is 89.4 cm³/mol. The Morgan fingerprint density at radius 1 is 1.17 bits per heavy atom. The van der Waals surface area contributed by atoms with Crippen LogP contribution in [0.5, 0.6) is 0 Å². The summed E-state index contributed by atoms with van der Waals surface area (Å²) in [6.07, 6.45) is 2.96. The number of benzene rings is 1. The number of carbonyl (C=O) groups is 2. The molecule has 1 aromatic carbocycles. The summed E-state index contributed by atoms with van der Waals surface area (Å²) in [7, 11) is 0. The van der Waals surface area contributed by atoms with E-state index in [0.29, 0.717) is 18.8 Å². The SMILES string of the molecule is CC(c1ccccc1)N(CC1CCC1)C(=O)[C@@H]1CC[C@H](C(=O)O)O1. The van der Waals surface area contributed by atoms with Crippen molar-refractivity contribution < 1.29 is 19.4 Å². The lowest BCUT2D eigenvalue weighted by Crippen LogP contribution is -2.44. The van der Waals surface area contributed by atoms with Crippen LogP contribution in [0, 0.1) is 5.92 Å². The highest BCUT2D eigenvalue weighted by Gasteiger charge is 2.39. The number of carboxylic acids is 1. The number of rotatable bonds is 6. The van der Waals surface area contributed by atoms with Crippen LogP contribution in [0.25, 0.3) is 0 Å². The molecule has 2 aliphatic rings. The zero-order valence-corrected chi connectivity index (χ0v) is 14.1. The number of hydrogen-bond acceptors (Lipinski definition) is 3. The first-order valence-corrected chi connectivity index (χ1v) is 8.80. The first-order valence-electron chi connectivity index (χ1n) is 8.80. The summed E-state index contributed by atoms with van der Waals surface area (Å²) < 4.78 is 5.49. The van der Waals surface area contributed by atoms with E-state index in [1.165, 1.54) is 6.42 Å². The van der Waals surface area contributed by atoms with Crippen LogP contribution < -0.4 is 0 Å². The van der Waals surface area contributed by atoms with E-state index in [1.54, 1.807) is 0 Å². The molecule has 0 bridgehead atoms. The number of aliphatic carboxylic acids is 1. The van der Waals surface area contributed by atoms with Gasteiger partial charge in [-0.3, -0.25) is 4.79 Å². The molecular formula is C19H25NO4. The molecule has 0 spiro atoms. The van der Waals surface area contributed by atoms with E-state index in [9.17, 15) is 9.59 Å². The lowest BCUT2D eigenvalue weighted by atomic mass is 9.84. The lowest BCUT2D eigenvalue weighted by molar-refractivity contribution is -0.156. The molecule has 1 saturated heterocycles. The van der Waals surface area contributed by atoms with Gasteiger partial charge in [0.05, 0.1) is 6.04 Å². The van der Waals surface area contributed by atoms with Gasteiger partial charge in [0.25, 0.3) is 5.91 Å². The highest BCUT2D eigenvalue weighted by Crippen LogP contribution is 2.32. The molecule has 5 heteroatoms. The second-order valence-electron chi connectivity index (χ2n) is 6.90. The van der Waals surface area contributed by atoms with Gasteiger partial charge in [0, 0.05) is 6.54 Å². The molecule has 1 heterocycles. The first kappa shape index (κ1) is 17.0. The van der Waals surface area contributed by atoms with Gasteiger partial charge in [0.15, 0.2) is 6.10 Å². The second-order valence-corrected chi connectivity index (χ2v) is 6.90. The zero-order chi connectivity index (χ0) is 17.1. The molecule has 5 nitrogen and oxygen atoms in total. The Hall–Kier alpha value is -1.88. The molecule has 1 saturated carbocycles. The summed E-state index contributed by atoms with van der Waals surface area (Å²) in [6.45, 7) is 2.77. The van der Waals surface area contributed by atoms with Crippen LogP contribution in [0.4, 0.5) is 0 Å². The molecule has 3 rings (SSSR count). The number of carboxylic acid groups (broad SMARTS) is 1. The van der Waals surface area contributed by atoms with Gasteiger partial charge >= 0.3 is 5.97 Å². The molecule has 0 radical (unpaired) electrons. The minimum atomic E-state index is -0.980. The molecule has 1 amide bonds. The Morgan fingerprint density at radius 3 is 2.38 bits per heavy atom. The summed E-state index contributed by atoms with van der Waals surface area (Å²) >= 11 is 0. The lowest BCUT2D eigenvalue weighted by Gasteiger charge is -2.37. The summed E-state index contributed by atoms with van der Waals surface area (Å²) in [5, 5.41) is 9.08. The molecule has 1 aliphatic heterocycles. The number of hydrogen-bond donors (Lipinski definition) is 1. The van der Waals surface area contributed by atoms with Crippen molar-refractivity contribution in [3.05, 3.63) is 35.9 Å². The number of nitrogens with zero attached hydrogens (tertiary/aromatic N) is 1. The fourth-order valence-corrected chi connectivity index (χ4v) is 3.49. The molecule has 0 aromatic heterocycles. The third-order valence-electron chi connectivity index (χ3n) is 5.28. The zero-order valence-electron chi connectivity index (χ0n) is 14.1. The van der Waals surface area contributed by atoms with Crippen LogP contribution in [0.15, 0.2) is 30.3 Å². The van der Waals surface area contributed by atoms with Crippen molar-refractivity contribution in [2.45, 2.75) is 57.3 Å². The number of carbonyl (C=O) groups excluding carboxylic acids is 1. The predicted octanol–water partition coefficient (Wildman–Crippen LogP) is 3.01. The molecule has 1 unspecified atom stereocenters. The molecule has 130 valence electrons. The van der Waals surface area contributed by atoms with E-state index in [4.69, 9.17) is 9.84 Å². The molecule has 2 fully saturated rings. The fraction of sp³-hybridized carbons (Fsp3) is 0.579. The summed E-state index contributed by atoms with van der Waals surface area (Å²) in [5.74, 6) is -0.495.